The number of amidine groups is 1. The maximum Gasteiger partial charge on any atom is 0.263 e. The van der Waals surface area contributed by atoms with Gasteiger partial charge >= 0.3 is 0 Å². The van der Waals surface area contributed by atoms with E-state index in [1.165, 1.54) is 6.07 Å². The van der Waals surface area contributed by atoms with Crippen LogP contribution in [0.3, 0.4) is 0 Å². The summed E-state index contributed by atoms with van der Waals surface area (Å²) in [6.45, 7) is 1.69. The third kappa shape index (κ3) is 3.28. The molecule has 1 aromatic heterocycles. The molecule has 1 atom stereocenters. The molecule has 1 aliphatic heterocycles. The van der Waals surface area contributed by atoms with Crippen molar-refractivity contribution in [1.29, 1.82) is 0 Å². The number of amides is 1. The molecule has 124 valence electrons. The summed E-state index contributed by atoms with van der Waals surface area (Å²) in [4.78, 5) is 20.3. The first-order valence-electron chi connectivity index (χ1n) is 7.33. The zero-order chi connectivity index (χ0) is 17.2. The Bertz CT molecular complexity index is 895. The number of aromatic nitrogens is 1. The van der Waals surface area contributed by atoms with Crippen molar-refractivity contribution in [3.8, 4) is 0 Å². The lowest BCUT2D eigenvalue weighted by molar-refractivity contribution is -0.120. The zero-order valence-electron chi connectivity index (χ0n) is 12.9. The van der Waals surface area contributed by atoms with Gasteiger partial charge in [-0.05, 0) is 36.8 Å². The molecule has 24 heavy (non-hydrogen) atoms. The van der Waals surface area contributed by atoms with Crippen molar-refractivity contribution < 1.29 is 13.2 Å². The van der Waals surface area contributed by atoms with Crippen molar-refractivity contribution in [2.45, 2.75) is 17.9 Å². The van der Waals surface area contributed by atoms with E-state index in [0.29, 0.717) is 5.56 Å². The Kier molecular flexibility index (Phi) is 4.30. The first kappa shape index (κ1) is 16.1. The highest BCUT2D eigenvalue weighted by molar-refractivity contribution is 7.90. The van der Waals surface area contributed by atoms with Crippen molar-refractivity contribution in [3.63, 3.8) is 0 Å². The van der Waals surface area contributed by atoms with Crippen molar-refractivity contribution in [1.82, 2.24) is 15.0 Å². The lowest BCUT2D eigenvalue weighted by Crippen LogP contribution is -2.30. The van der Waals surface area contributed by atoms with E-state index < -0.39 is 10.0 Å². The van der Waals surface area contributed by atoms with Gasteiger partial charge in [-0.25, -0.2) is 8.42 Å². The molecule has 1 aliphatic rings. The van der Waals surface area contributed by atoms with E-state index in [1.54, 1.807) is 30.6 Å². The second kappa shape index (κ2) is 6.40. The molecule has 2 heterocycles. The van der Waals surface area contributed by atoms with E-state index in [2.05, 4.69) is 20.0 Å². The molecule has 1 aromatic carbocycles. The maximum absolute atomic E-state index is 12.0. The summed E-state index contributed by atoms with van der Waals surface area (Å²) in [6.07, 6.45) is 3.31. The van der Waals surface area contributed by atoms with E-state index in [4.69, 9.17) is 0 Å². The first-order chi connectivity index (χ1) is 11.5. The van der Waals surface area contributed by atoms with Crippen molar-refractivity contribution in [2.24, 2.45) is 4.99 Å². The minimum Gasteiger partial charge on any atom is -0.348 e. The number of aliphatic imine (C=N–C) groups is 1. The number of nitrogens with zero attached hydrogens (tertiary/aromatic N) is 2. The maximum atomic E-state index is 12.0. The van der Waals surface area contributed by atoms with Crippen LogP contribution in [0.15, 0.2) is 58.7 Å². The van der Waals surface area contributed by atoms with Gasteiger partial charge in [-0.1, -0.05) is 12.1 Å². The Labute approximate surface area is 139 Å². The second-order valence-corrected chi connectivity index (χ2v) is 6.99. The summed E-state index contributed by atoms with van der Waals surface area (Å²) >= 11 is 0. The summed E-state index contributed by atoms with van der Waals surface area (Å²) in [5, 5.41) is 2.81. The Morgan fingerprint density at radius 3 is 2.71 bits per heavy atom. The lowest BCUT2D eigenvalue weighted by atomic mass is 10.1. The fourth-order valence-corrected chi connectivity index (χ4v) is 3.68. The number of fused-ring (bicyclic) bond motifs is 1. The van der Waals surface area contributed by atoms with E-state index in [9.17, 15) is 13.2 Å². The van der Waals surface area contributed by atoms with Crippen LogP contribution in [0.1, 0.15) is 24.1 Å². The molecule has 2 aromatic rings. The fourth-order valence-electron chi connectivity index (χ4n) is 2.42. The molecular formula is C16H16N4O3S. The van der Waals surface area contributed by atoms with Gasteiger partial charge < -0.3 is 5.32 Å². The molecule has 1 amide bonds. The number of nitrogens with one attached hydrogen (secondary N) is 2. The summed E-state index contributed by atoms with van der Waals surface area (Å²) in [7, 11) is -3.59. The highest BCUT2D eigenvalue weighted by Gasteiger charge is 2.30. The molecular weight excluding hydrogens is 328 g/mol. The van der Waals surface area contributed by atoms with Crippen LogP contribution in [0.2, 0.25) is 0 Å². The standard InChI is InChI=1S/C16H16N4O3S/c1-11(12-6-8-17-9-7-12)19-15(21)10-18-16-13-4-2-3-5-14(13)24(22,23)20-16/h2-9,11H,10H2,1H3,(H,18,20)(H,19,21). The van der Waals surface area contributed by atoms with Crippen LogP contribution in [0, 0.1) is 0 Å². The number of carbonyl (C=O) groups excluding carboxylic acids is 1. The van der Waals surface area contributed by atoms with Crippen LogP contribution in [0.4, 0.5) is 0 Å². The third-order valence-corrected chi connectivity index (χ3v) is 5.02. The Morgan fingerprint density at radius 1 is 1.25 bits per heavy atom. The van der Waals surface area contributed by atoms with Gasteiger partial charge in [0.05, 0.1) is 10.9 Å². The van der Waals surface area contributed by atoms with E-state index in [0.717, 1.165) is 5.56 Å². The molecule has 0 saturated heterocycles. The average Bonchev–Trinajstić information content (AvgIpc) is 2.85. The molecule has 8 heteroatoms. The number of carbonyl (C=O) groups is 1. The van der Waals surface area contributed by atoms with Crippen LogP contribution < -0.4 is 10.0 Å². The predicted octanol–water partition coefficient (Wildman–Crippen LogP) is 0.997. The number of sulfonamides is 1. The Balaban J connectivity index is 1.70. The quantitative estimate of drug-likeness (QED) is 0.864. The molecule has 0 saturated carbocycles. The number of pyridine rings is 1. The largest absolute Gasteiger partial charge is 0.348 e. The molecule has 0 spiro atoms. The molecule has 0 radical (unpaired) electrons. The van der Waals surface area contributed by atoms with E-state index in [-0.39, 0.29) is 29.2 Å². The molecule has 1 unspecified atom stereocenters. The Morgan fingerprint density at radius 2 is 1.96 bits per heavy atom. The minimum absolute atomic E-state index is 0.165. The third-order valence-electron chi connectivity index (χ3n) is 3.63. The topological polar surface area (TPSA) is 101 Å². The molecule has 0 fully saturated rings. The SMILES string of the molecule is CC(NC(=O)CN=C1NS(=O)(=O)c2ccccc21)c1ccncc1. The van der Waals surface area contributed by atoms with Crippen LogP contribution in [-0.2, 0) is 14.8 Å². The van der Waals surface area contributed by atoms with Gasteiger partial charge in [0.1, 0.15) is 12.4 Å². The van der Waals surface area contributed by atoms with Crippen molar-refractivity contribution in [2.75, 3.05) is 6.54 Å². The average molecular weight is 344 g/mol. The van der Waals surface area contributed by atoms with Gasteiger partial charge in [-0.3, -0.25) is 19.5 Å². The van der Waals surface area contributed by atoms with E-state index >= 15 is 0 Å². The van der Waals surface area contributed by atoms with Gasteiger partial charge in [0.2, 0.25) is 5.91 Å². The van der Waals surface area contributed by atoms with Gasteiger partial charge in [-0.15, -0.1) is 0 Å². The summed E-state index contributed by atoms with van der Waals surface area (Å²) in [5.41, 5.74) is 1.41. The second-order valence-electron chi connectivity index (χ2n) is 5.34. The van der Waals surface area contributed by atoms with Crippen LogP contribution in [0.5, 0.6) is 0 Å². The van der Waals surface area contributed by atoms with Gasteiger partial charge in [0.25, 0.3) is 10.0 Å². The van der Waals surface area contributed by atoms with Gasteiger partial charge in [-0.2, -0.15) is 0 Å². The fraction of sp³-hybridized carbons (Fsp3) is 0.188. The summed E-state index contributed by atoms with van der Waals surface area (Å²) in [5.74, 6) is -0.104. The highest BCUT2D eigenvalue weighted by Crippen LogP contribution is 2.22. The van der Waals surface area contributed by atoms with Crippen LogP contribution in [0.25, 0.3) is 0 Å². The van der Waals surface area contributed by atoms with Crippen LogP contribution >= 0.6 is 0 Å². The Hall–Kier alpha value is -2.74. The summed E-state index contributed by atoms with van der Waals surface area (Å²) < 4.78 is 26.3. The van der Waals surface area contributed by atoms with Gasteiger partial charge in [0.15, 0.2) is 0 Å². The van der Waals surface area contributed by atoms with E-state index in [1.807, 2.05) is 19.1 Å². The van der Waals surface area contributed by atoms with Crippen molar-refractivity contribution >= 4 is 21.8 Å². The zero-order valence-corrected chi connectivity index (χ0v) is 13.7. The molecule has 0 aliphatic carbocycles. The summed E-state index contributed by atoms with van der Waals surface area (Å²) in [6, 6.07) is 9.98. The monoisotopic (exact) mass is 344 g/mol. The molecule has 0 bridgehead atoms. The smallest absolute Gasteiger partial charge is 0.263 e. The number of hydrogen-bond acceptors (Lipinski definition) is 5. The van der Waals surface area contributed by atoms with Crippen LogP contribution in [-0.4, -0.2) is 31.7 Å². The number of hydrogen-bond donors (Lipinski definition) is 2. The normalized spacial score (nSPS) is 17.8. The number of benzene rings is 1. The lowest BCUT2D eigenvalue weighted by Gasteiger charge is -2.13. The van der Waals surface area contributed by atoms with Gasteiger partial charge in [0, 0.05) is 18.0 Å². The first-order valence-corrected chi connectivity index (χ1v) is 8.81. The number of rotatable bonds is 4. The minimum atomic E-state index is -3.59. The molecule has 2 N–H and O–H groups in total. The molecule has 7 nitrogen and oxygen atoms in total. The predicted molar refractivity (Wildman–Crippen MR) is 89.0 cm³/mol. The van der Waals surface area contributed by atoms with Crippen molar-refractivity contribution in [3.05, 3.63) is 59.9 Å². The molecule has 3 rings (SSSR count). The highest BCUT2D eigenvalue weighted by atomic mass is 32.2.